The molecule has 0 bridgehead atoms. The lowest BCUT2D eigenvalue weighted by atomic mass is 10.1. The zero-order chi connectivity index (χ0) is 15.5. The van der Waals surface area contributed by atoms with Gasteiger partial charge in [-0.1, -0.05) is 18.2 Å². The monoisotopic (exact) mass is 297 g/mol. The number of aryl methyl sites for hydroxylation is 1. The van der Waals surface area contributed by atoms with Crippen LogP contribution in [0.15, 0.2) is 36.4 Å². The molecule has 0 fully saturated rings. The maximum Gasteiger partial charge on any atom is 0.178 e. The fourth-order valence-corrected chi connectivity index (χ4v) is 2.40. The van der Waals surface area contributed by atoms with Crippen LogP contribution in [0.3, 0.4) is 0 Å². The highest BCUT2D eigenvalue weighted by Crippen LogP contribution is 2.19. The van der Waals surface area contributed by atoms with Crippen molar-refractivity contribution in [1.29, 1.82) is 0 Å². The van der Waals surface area contributed by atoms with Crippen molar-refractivity contribution in [3.8, 4) is 5.75 Å². The second-order valence-corrected chi connectivity index (χ2v) is 5.19. The molecule has 1 aromatic carbocycles. The van der Waals surface area contributed by atoms with Crippen LogP contribution in [-0.2, 0) is 6.42 Å². The molecule has 2 aromatic heterocycles. The summed E-state index contributed by atoms with van der Waals surface area (Å²) in [6.07, 6.45) is 0.890. The number of benzene rings is 1. The highest BCUT2D eigenvalue weighted by Gasteiger charge is 2.08. The first-order valence-corrected chi connectivity index (χ1v) is 7.21. The molecule has 6 nitrogen and oxygen atoms in total. The van der Waals surface area contributed by atoms with Crippen molar-refractivity contribution >= 4 is 11.5 Å². The van der Waals surface area contributed by atoms with E-state index in [9.17, 15) is 0 Å². The molecule has 0 atom stereocenters. The Kier molecular flexibility index (Phi) is 3.91. The van der Waals surface area contributed by atoms with Gasteiger partial charge in [-0.25, -0.2) is 0 Å². The summed E-state index contributed by atoms with van der Waals surface area (Å²) in [7, 11) is 3.73. The second kappa shape index (κ2) is 6.01. The van der Waals surface area contributed by atoms with Crippen molar-refractivity contribution in [3.05, 3.63) is 47.8 Å². The van der Waals surface area contributed by atoms with Crippen molar-refractivity contribution in [2.24, 2.45) is 0 Å². The zero-order valence-corrected chi connectivity index (χ0v) is 13.0. The van der Waals surface area contributed by atoms with Crippen molar-refractivity contribution in [3.63, 3.8) is 0 Å². The number of anilines is 1. The van der Waals surface area contributed by atoms with E-state index >= 15 is 0 Å². The van der Waals surface area contributed by atoms with Gasteiger partial charge in [0, 0.05) is 13.6 Å². The fraction of sp³-hybridized carbons (Fsp3) is 0.312. The summed E-state index contributed by atoms with van der Waals surface area (Å²) in [6, 6.07) is 12.0. The molecule has 2 heterocycles. The predicted octanol–water partition coefficient (Wildman–Crippen LogP) is 2.12. The normalized spacial score (nSPS) is 10.9. The Bertz CT molecular complexity index is 783. The van der Waals surface area contributed by atoms with E-state index in [1.54, 1.807) is 11.6 Å². The molecule has 0 aliphatic heterocycles. The Balaban J connectivity index is 1.75. The smallest absolute Gasteiger partial charge is 0.178 e. The van der Waals surface area contributed by atoms with E-state index < -0.39 is 0 Å². The maximum atomic E-state index is 5.39. The minimum Gasteiger partial charge on any atom is -0.496 e. The largest absolute Gasteiger partial charge is 0.496 e. The Hall–Kier alpha value is -2.63. The average Bonchev–Trinajstić information content (AvgIpc) is 2.93. The molecule has 22 heavy (non-hydrogen) atoms. The number of fused-ring (bicyclic) bond motifs is 1. The molecule has 0 aliphatic rings. The Morgan fingerprint density at radius 3 is 2.77 bits per heavy atom. The quantitative estimate of drug-likeness (QED) is 0.722. The predicted molar refractivity (Wildman–Crippen MR) is 85.5 cm³/mol. The van der Waals surface area contributed by atoms with Crippen LogP contribution in [0.25, 0.3) is 5.65 Å². The zero-order valence-electron chi connectivity index (χ0n) is 13.0. The third kappa shape index (κ3) is 2.72. The standard InChI is InChI=1S/C16H19N5O/c1-12-17-18-15-8-9-16(19-21(12)15)20(2)11-10-13-6-4-5-7-14(13)22-3/h4-9H,10-11H2,1-3H3. The number of rotatable bonds is 5. The van der Waals surface area contributed by atoms with Crippen LogP contribution in [0.5, 0.6) is 5.75 Å². The number of para-hydroxylation sites is 1. The summed E-state index contributed by atoms with van der Waals surface area (Å²) in [5, 5.41) is 12.7. The van der Waals surface area contributed by atoms with Gasteiger partial charge in [0.2, 0.25) is 0 Å². The van der Waals surface area contributed by atoms with Gasteiger partial charge in [-0.05, 0) is 37.1 Å². The SMILES string of the molecule is COc1ccccc1CCN(C)c1ccc2nnc(C)n2n1. The summed E-state index contributed by atoms with van der Waals surface area (Å²) >= 11 is 0. The first kappa shape index (κ1) is 14.3. The van der Waals surface area contributed by atoms with Gasteiger partial charge in [0.05, 0.1) is 7.11 Å². The van der Waals surface area contributed by atoms with Gasteiger partial charge in [-0.3, -0.25) is 0 Å². The van der Waals surface area contributed by atoms with Gasteiger partial charge >= 0.3 is 0 Å². The van der Waals surface area contributed by atoms with E-state index in [0.29, 0.717) is 0 Å². The second-order valence-electron chi connectivity index (χ2n) is 5.19. The van der Waals surface area contributed by atoms with Gasteiger partial charge in [0.1, 0.15) is 11.6 Å². The minimum atomic E-state index is 0.763. The molecule has 6 heteroatoms. The van der Waals surface area contributed by atoms with Crippen molar-refractivity contribution in [2.75, 3.05) is 25.6 Å². The lowest BCUT2D eigenvalue weighted by Gasteiger charge is -2.18. The highest BCUT2D eigenvalue weighted by molar-refractivity contribution is 5.45. The molecule has 114 valence electrons. The van der Waals surface area contributed by atoms with Gasteiger partial charge < -0.3 is 9.64 Å². The van der Waals surface area contributed by atoms with Gasteiger partial charge in [0.15, 0.2) is 11.5 Å². The number of aromatic nitrogens is 4. The summed E-state index contributed by atoms with van der Waals surface area (Å²) in [5.74, 6) is 2.61. The number of methoxy groups -OCH3 is 1. The van der Waals surface area contributed by atoms with E-state index in [0.717, 1.165) is 36.0 Å². The van der Waals surface area contributed by atoms with Crippen LogP contribution in [0.2, 0.25) is 0 Å². The Morgan fingerprint density at radius 2 is 1.95 bits per heavy atom. The molecule has 0 radical (unpaired) electrons. The van der Waals surface area contributed by atoms with Crippen LogP contribution >= 0.6 is 0 Å². The third-order valence-electron chi connectivity index (χ3n) is 3.70. The van der Waals surface area contributed by atoms with E-state index in [2.05, 4.69) is 26.3 Å². The van der Waals surface area contributed by atoms with Gasteiger partial charge in [-0.15, -0.1) is 15.3 Å². The lowest BCUT2D eigenvalue weighted by Crippen LogP contribution is -2.22. The number of ether oxygens (including phenoxy) is 1. The van der Waals surface area contributed by atoms with Crippen LogP contribution < -0.4 is 9.64 Å². The fourth-order valence-electron chi connectivity index (χ4n) is 2.40. The van der Waals surface area contributed by atoms with E-state index in [4.69, 9.17) is 4.74 Å². The molecule has 0 amide bonds. The molecule has 3 aromatic rings. The Morgan fingerprint density at radius 1 is 1.14 bits per heavy atom. The molecule has 0 saturated heterocycles. The van der Waals surface area contributed by atoms with Crippen molar-refractivity contribution in [2.45, 2.75) is 13.3 Å². The minimum absolute atomic E-state index is 0.763. The molecule has 0 saturated carbocycles. The number of likely N-dealkylation sites (N-methyl/N-ethyl adjacent to an activating group) is 1. The first-order chi connectivity index (χ1) is 10.7. The molecule has 0 spiro atoms. The van der Waals surface area contributed by atoms with Crippen LogP contribution in [-0.4, -0.2) is 40.5 Å². The molecular formula is C16H19N5O. The molecule has 0 unspecified atom stereocenters. The van der Waals surface area contributed by atoms with Crippen LogP contribution in [0.1, 0.15) is 11.4 Å². The first-order valence-electron chi connectivity index (χ1n) is 7.21. The topological polar surface area (TPSA) is 55.5 Å². The van der Waals surface area contributed by atoms with Gasteiger partial charge in [0.25, 0.3) is 0 Å². The van der Waals surface area contributed by atoms with Crippen molar-refractivity contribution in [1.82, 2.24) is 19.8 Å². The van der Waals surface area contributed by atoms with E-state index in [1.807, 2.05) is 44.3 Å². The Labute approximate surface area is 129 Å². The van der Waals surface area contributed by atoms with Crippen LogP contribution in [0, 0.1) is 6.92 Å². The summed E-state index contributed by atoms with van der Waals surface area (Å²) < 4.78 is 7.15. The highest BCUT2D eigenvalue weighted by atomic mass is 16.5. The van der Waals surface area contributed by atoms with E-state index in [-0.39, 0.29) is 0 Å². The maximum absolute atomic E-state index is 5.39. The van der Waals surface area contributed by atoms with Crippen molar-refractivity contribution < 1.29 is 4.74 Å². The summed E-state index contributed by atoms with van der Waals surface area (Å²) in [5.41, 5.74) is 1.96. The number of nitrogens with zero attached hydrogens (tertiary/aromatic N) is 5. The molecule has 0 aliphatic carbocycles. The molecular weight excluding hydrogens is 278 g/mol. The van der Waals surface area contributed by atoms with E-state index in [1.165, 1.54) is 5.56 Å². The summed E-state index contributed by atoms with van der Waals surface area (Å²) in [4.78, 5) is 2.12. The summed E-state index contributed by atoms with van der Waals surface area (Å²) in [6.45, 7) is 2.74. The van der Waals surface area contributed by atoms with Crippen LogP contribution in [0.4, 0.5) is 5.82 Å². The lowest BCUT2D eigenvalue weighted by molar-refractivity contribution is 0.409. The molecule has 0 N–H and O–H groups in total. The number of hydrogen-bond acceptors (Lipinski definition) is 5. The number of hydrogen-bond donors (Lipinski definition) is 0. The van der Waals surface area contributed by atoms with Gasteiger partial charge in [-0.2, -0.15) is 4.52 Å². The molecule has 3 rings (SSSR count). The third-order valence-corrected chi connectivity index (χ3v) is 3.70. The average molecular weight is 297 g/mol.